The molecule has 0 radical (unpaired) electrons. The fourth-order valence-corrected chi connectivity index (χ4v) is 5.46. The van der Waals surface area contributed by atoms with Crippen LogP contribution in [0.5, 0.6) is 0 Å². The largest absolute Gasteiger partial charge is 0.377 e. The highest BCUT2D eigenvalue weighted by atomic mass is 32.2. The molecule has 37 heavy (non-hydrogen) atoms. The van der Waals surface area contributed by atoms with Gasteiger partial charge >= 0.3 is 0 Å². The van der Waals surface area contributed by atoms with Gasteiger partial charge in [-0.1, -0.05) is 18.2 Å². The number of hydrogen-bond donors (Lipinski definition) is 3. The number of carbonyl (C=O) groups is 2. The van der Waals surface area contributed by atoms with Crippen LogP contribution in [0.1, 0.15) is 38.5 Å². The average Bonchev–Trinajstić information content (AvgIpc) is 3.22. The van der Waals surface area contributed by atoms with Gasteiger partial charge in [0, 0.05) is 24.2 Å². The van der Waals surface area contributed by atoms with Crippen molar-refractivity contribution < 1.29 is 52.3 Å². The molecule has 4 atom stereocenters. The van der Waals surface area contributed by atoms with Crippen LogP contribution in [0.15, 0.2) is 23.8 Å². The molecule has 1 saturated heterocycles. The summed E-state index contributed by atoms with van der Waals surface area (Å²) in [5.74, 6) is -0.639. The van der Waals surface area contributed by atoms with Gasteiger partial charge in [0.1, 0.15) is 5.25 Å². The number of imide groups is 1. The van der Waals surface area contributed by atoms with Gasteiger partial charge in [0.05, 0.1) is 33.0 Å². The van der Waals surface area contributed by atoms with E-state index in [4.69, 9.17) is 18.9 Å². The number of nitrogens with zero attached hydrogens (tertiary/aromatic N) is 1. The van der Waals surface area contributed by atoms with Crippen LogP contribution in [-0.4, -0.2) is 109 Å². The molecule has 0 aromatic rings. The van der Waals surface area contributed by atoms with Crippen molar-refractivity contribution >= 4 is 33.6 Å². The molecule has 1 aliphatic carbocycles. The maximum Gasteiger partial charge on any atom is 0.250 e. The van der Waals surface area contributed by atoms with Gasteiger partial charge in [-0.3, -0.25) is 9.59 Å². The fourth-order valence-electron chi connectivity index (χ4n) is 3.56. The van der Waals surface area contributed by atoms with Crippen molar-refractivity contribution in [3.05, 3.63) is 23.8 Å². The van der Waals surface area contributed by atoms with E-state index in [0.717, 1.165) is 5.75 Å². The van der Waals surface area contributed by atoms with Crippen LogP contribution >= 0.6 is 11.8 Å². The van der Waals surface area contributed by atoms with E-state index in [0.29, 0.717) is 35.7 Å². The molecule has 212 valence electrons. The molecule has 0 bridgehead atoms. The molecular weight excluding hydrogens is 530 g/mol. The predicted molar refractivity (Wildman–Crippen MR) is 135 cm³/mol. The van der Waals surface area contributed by atoms with Gasteiger partial charge in [-0.2, -0.15) is 16.1 Å². The van der Waals surface area contributed by atoms with Gasteiger partial charge in [-0.15, -0.1) is 0 Å². The number of hydrogen-bond acceptors (Lipinski definition) is 12. The maximum atomic E-state index is 12.6. The van der Waals surface area contributed by atoms with Crippen LogP contribution in [0.4, 0.5) is 0 Å². The van der Waals surface area contributed by atoms with E-state index in [1.807, 2.05) is 6.26 Å². The molecule has 1 aliphatic heterocycles. The number of thioether (sulfide) groups is 1. The molecule has 0 saturated carbocycles. The molecule has 0 aromatic heterocycles. The van der Waals surface area contributed by atoms with E-state index in [-0.39, 0.29) is 45.7 Å². The van der Waals surface area contributed by atoms with Gasteiger partial charge in [-0.05, 0) is 31.9 Å². The normalized spacial score (nSPS) is 20.8. The quantitative estimate of drug-likeness (QED) is 0.111. The van der Waals surface area contributed by atoms with E-state index in [1.54, 1.807) is 11.8 Å². The lowest BCUT2D eigenvalue weighted by atomic mass is 10.1. The number of allylic oxidation sites excluding steroid dienone is 1. The lowest BCUT2D eigenvalue weighted by Crippen LogP contribution is -2.41. The minimum absolute atomic E-state index is 0.00812. The molecule has 2 amide bonds. The molecule has 1 heterocycles. The molecule has 0 aromatic carbocycles. The summed E-state index contributed by atoms with van der Waals surface area (Å²) in [4.78, 5) is 23.5. The van der Waals surface area contributed by atoms with Crippen molar-refractivity contribution in [1.29, 1.82) is 0 Å². The summed E-state index contributed by atoms with van der Waals surface area (Å²) >= 11 is 1.63. The number of aliphatic hydroxyl groups is 3. The lowest BCUT2D eigenvalue weighted by Gasteiger charge is -2.23. The van der Waals surface area contributed by atoms with Crippen LogP contribution in [0.25, 0.3) is 0 Å². The number of sulfonamides is 1. The Kier molecular flexibility index (Phi) is 14.3. The van der Waals surface area contributed by atoms with E-state index >= 15 is 0 Å². The summed E-state index contributed by atoms with van der Waals surface area (Å²) < 4.78 is 46.6. The zero-order chi connectivity index (χ0) is 27.3. The molecule has 0 spiro atoms. The van der Waals surface area contributed by atoms with Gasteiger partial charge in [0.15, 0.2) is 18.9 Å². The summed E-state index contributed by atoms with van der Waals surface area (Å²) in [6, 6.07) is 0. The predicted octanol–water partition coefficient (Wildman–Crippen LogP) is 0.275. The SMILES string of the molecule is CSCCOC(O)CCCC(O)OCCOCCOC(O)C1=CCC(S(=O)(=O)N2C(=O)CCC2=O)C=C1. The highest BCUT2D eigenvalue weighted by Crippen LogP contribution is 2.26. The first-order valence-corrected chi connectivity index (χ1v) is 15.0. The van der Waals surface area contributed by atoms with Gasteiger partial charge < -0.3 is 34.3 Å². The Bertz CT molecular complexity index is 877. The standard InChI is InChI=1S/C23H37NO11S2/c1-36-16-15-34-22(28)4-2-3-21(27)33-13-11-32-12-14-35-23(29)17-5-7-18(8-6-17)37(30,31)24-19(25)9-10-20(24)26/h5-7,18,21-23,27-29H,2-4,8-16H2,1H3. The summed E-state index contributed by atoms with van der Waals surface area (Å²) in [5, 5.41) is 28.5. The Labute approximate surface area is 221 Å². The average molecular weight is 568 g/mol. The number of aliphatic hydroxyl groups excluding tert-OH is 3. The minimum Gasteiger partial charge on any atom is -0.377 e. The summed E-state index contributed by atoms with van der Waals surface area (Å²) in [6.45, 7) is 1.05. The number of carbonyl (C=O) groups excluding carboxylic acids is 2. The summed E-state index contributed by atoms with van der Waals surface area (Å²) in [5.41, 5.74) is 0.358. The second-order valence-corrected chi connectivity index (χ2v) is 11.3. The molecular formula is C23H37NO11S2. The summed E-state index contributed by atoms with van der Waals surface area (Å²) in [7, 11) is -4.15. The first-order chi connectivity index (χ1) is 17.7. The molecule has 12 nitrogen and oxygen atoms in total. The highest BCUT2D eigenvalue weighted by Gasteiger charge is 2.42. The number of amides is 2. The minimum atomic E-state index is -4.15. The molecule has 4 unspecified atom stereocenters. The van der Waals surface area contributed by atoms with Crippen molar-refractivity contribution in [2.45, 2.75) is 62.6 Å². The van der Waals surface area contributed by atoms with Gasteiger partial charge in [0.2, 0.25) is 11.8 Å². The molecule has 2 aliphatic rings. The van der Waals surface area contributed by atoms with Crippen LogP contribution in [0.3, 0.4) is 0 Å². The van der Waals surface area contributed by atoms with E-state index in [9.17, 15) is 33.3 Å². The Morgan fingerprint density at radius 2 is 1.57 bits per heavy atom. The van der Waals surface area contributed by atoms with Crippen molar-refractivity contribution in [2.24, 2.45) is 0 Å². The Balaban J connectivity index is 1.54. The Hall–Kier alpha value is -1.36. The second kappa shape index (κ2) is 16.6. The molecule has 3 N–H and O–H groups in total. The maximum absolute atomic E-state index is 12.6. The number of rotatable bonds is 19. The van der Waals surface area contributed by atoms with Gasteiger partial charge in [0.25, 0.3) is 10.0 Å². The molecule has 14 heteroatoms. The Morgan fingerprint density at radius 1 is 0.973 bits per heavy atom. The molecule has 2 rings (SSSR count). The monoisotopic (exact) mass is 567 g/mol. The first kappa shape index (κ1) is 31.9. The van der Waals surface area contributed by atoms with Crippen LogP contribution in [-0.2, 0) is 38.6 Å². The third-order valence-electron chi connectivity index (χ3n) is 5.56. The van der Waals surface area contributed by atoms with Crippen molar-refractivity contribution in [3.63, 3.8) is 0 Å². The number of ether oxygens (including phenoxy) is 4. The van der Waals surface area contributed by atoms with Crippen LogP contribution in [0.2, 0.25) is 0 Å². The van der Waals surface area contributed by atoms with E-state index < -0.39 is 46.0 Å². The Morgan fingerprint density at radius 3 is 2.14 bits per heavy atom. The smallest absolute Gasteiger partial charge is 0.250 e. The highest BCUT2D eigenvalue weighted by molar-refractivity contribution is 7.98. The third kappa shape index (κ3) is 10.7. The zero-order valence-corrected chi connectivity index (χ0v) is 22.5. The lowest BCUT2D eigenvalue weighted by molar-refractivity contribution is -0.132. The van der Waals surface area contributed by atoms with Crippen molar-refractivity contribution in [3.8, 4) is 0 Å². The molecule has 1 fully saturated rings. The van der Waals surface area contributed by atoms with Crippen LogP contribution < -0.4 is 0 Å². The fraction of sp³-hybridized carbons (Fsp3) is 0.739. The topological polar surface area (TPSA) is 169 Å². The van der Waals surface area contributed by atoms with Gasteiger partial charge in [-0.25, -0.2) is 8.42 Å². The van der Waals surface area contributed by atoms with Crippen LogP contribution in [0, 0.1) is 0 Å². The second-order valence-electron chi connectivity index (χ2n) is 8.34. The van der Waals surface area contributed by atoms with E-state index in [1.165, 1.54) is 18.2 Å². The third-order valence-corrected chi connectivity index (χ3v) is 8.16. The first-order valence-electron chi connectivity index (χ1n) is 12.1. The van der Waals surface area contributed by atoms with E-state index in [2.05, 4.69) is 0 Å². The van der Waals surface area contributed by atoms with Crippen molar-refractivity contribution in [1.82, 2.24) is 4.31 Å². The summed E-state index contributed by atoms with van der Waals surface area (Å²) in [6.07, 6.45) is 4.12. The van der Waals surface area contributed by atoms with Crippen molar-refractivity contribution in [2.75, 3.05) is 45.0 Å². The zero-order valence-electron chi connectivity index (χ0n) is 20.9.